The van der Waals surface area contributed by atoms with Gasteiger partial charge in [0.05, 0.1) is 6.04 Å². The average Bonchev–Trinajstić information content (AvgIpc) is 2.06. The van der Waals surface area contributed by atoms with Crippen molar-refractivity contribution in [1.29, 1.82) is 0 Å². The molecule has 1 aliphatic rings. The molecule has 0 bridgehead atoms. The second-order valence-electron chi connectivity index (χ2n) is 3.70. The Hall–Kier alpha value is -0.610. The summed E-state index contributed by atoms with van der Waals surface area (Å²) in [5, 5.41) is 0. The second kappa shape index (κ2) is 4.58. The molecule has 0 aliphatic carbocycles. The van der Waals surface area contributed by atoms with E-state index in [2.05, 4.69) is 23.9 Å². The van der Waals surface area contributed by atoms with Crippen LogP contribution < -0.4 is 0 Å². The first-order valence-electron chi connectivity index (χ1n) is 4.61. The molecule has 0 spiro atoms. The number of carbonyl (C=O) groups excluding carboxylic acids is 1. The quantitative estimate of drug-likeness (QED) is 0.559. The highest BCUT2D eigenvalue weighted by atomic mass is 16.5. The molecule has 0 aromatic carbocycles. The molecule has 1 fully saturated rings. The summed E-state index contributed by atoms with van der Waals surface area (Å²) in [6, 6.07) is 0.350. The van der Waals surface area contributed by atoms with Crippen molar-refractivity contribution in [3.63, 3.8) is 0 Å². The zero-order valence-electron chi connectivity index (χ0n) is 8.62. The predicted octanol–water partition coefficient (Wildman–Crippen LogP) is -0.205. The summed E-state index contributed by atoms with van der Waals surface area (Å²) in [7, 11) is 4.16. The van der Waals surface area contributed by atoms with Crippen molar-refractivity contribution < 1.29 is 9.53 Å². The van der Waals surface area contributed by atoms with E-state index in [-0.39, 0.29) is 5.97 Å². The van der Waals surface area contributed by atoms with Crippen LogP contribution in [0.5, 0.6) is 0 Å². The third-order valence-electron chi connectivity index (χ3n) is 2.46. The molecule has 76 valence electrons. The van der Waals surface area contributed by atoms with E-state index in [4.69, 9.17) is 4.74 Å². The van der Waals surface area contributed by atoms with Crippen molar-refractivity contribution in [2.75, 3.05) is 40.3 Å². The predicted molar refractivity (Wildman–Crippen MR) is 50.5 cm³/mol. The van der Waals surface area contributed by atoms with Gasteiger partial charge in [0.1, 0.15) is 6.61 Å². The van der Waals surface area contributed by atoms with Gasteiger partial charge in [0.15, 0.2) is 0 Å². The van der Waals surface area contributed by atoms with E-state index < -0.39 is 0 Å². The Bertz CT molecular complexity index is 184. The van der Waals surface area contributed by atoms with E-state index in [1.165, 1.54) is 6.92 Å². The molecule has 0 radical (unpaired) electrons. The lowest BCUT2D eigenvalue weighted by atomic mass is 10.2. The highest BCUT2D eigenvalue weighted by Crippen LogP contribution is 2.05. The number of carbonyl (C=O) groups is 1. The zero-order chi connectivity index (χ0) is 9.84. The van der Waals surface area contributed by atoms with Gasteiger partial charge in [-0.2, -0.15) is 0 Å². The summed E-state index contributed by atoms with van der Waals surface area (Å²) in [5.74, 6) is -0.193. The number of esters is 1. The van der Waals surface area contributed by atoms with Crippen LogP contribution in [0.4, 0.5) is 0 Å². The molecule has 4 nitrogen and oxygen atoms in total. The van der Waals surface area contributed by atoms with Gasteiger partial charge in [0.2, 0.25) is 0 Å². The van der Waals surface area contributed by atoms with Crippen LogP contribution in [-0.2, 0) is 9.53 Å². The van der Waals surface area contributed by atoms with E-state index in [0.717, 1.165) is 19.6 Å². The first kappa shape index (κ1) is 10.5. The van der Waals surface area contributed by atoms with Gasteiger partial charge in [-0.25, -0.2) is 0 Å². The maximum atomic E-state index is 10.6. The van der Waals surface area contributed by atoms with Crippen LogP contribution >= 0.6 is 0 Å². The molecule has 1 rings (SSSR count). The smallest absolute Gasteiger partial charge is 0.302 e. The largest absolute Gasteiger partial charge is 0.464 e. The topological polar surface area (TPSA) is 32.8 Å². The molecule has 1 unspecified atom stereocenters. The van der Waals surface area contributed by atoms with Crippen molar-refractivity contribution in [2.24, 2.45) is 0 Å². The Morgan fingerprint density at radius 1 is 1.46 bits per heavy atom. The monoisotopic (exact) mass is 186 g/mol. The Morgan fingerprint density at radius 3 is 2.77 bits per heavy atom. The lowest BCUT2D eigenvalue weighted by Crippen LogP contribution is -2.52. The van der Waals surface area contributed by atoms with Crippen molar-refractivity contribution >= 4 is 5.97 Å². The fourth-order valence-electron chi connectivity index (χ4n) is 1.49. The van der Waals surface area contributed by atoms with E-state index in [1.54, 1.807) is 0 Å². The van der Waals surface area contributed by atoms with Crippen molar-refractivity contribution in [1.82, 2.24) is 9.80 Å². The number of ether oxygens (including phenoxy) is 1. The molecule has 0 saturated carbocycles. The zero-order valence-corrected chi connectivity index (χ0v) is 8.62. The standard InChI is InChI=1S/C9H18N2O2/c1-8(12)13-7-9-6-10(2)4-5-11(9)3/h9H,4-7H2,1-3H3. The third-order valence-corrected chi connectivity index (χ3v) is 2.46. The minimum Gasteiger partial charge on any atom is -0.464 e. The van der Waals surface area contributed by atoms with Crippen LogP contribution in [0.1, 0.15) is 6.92 Å². The van der Waals surface area contributed by atoms with Gasteiger partial charge in [0, 0.05) is 26.6 Å². The van der Waals surface area contributed by atoms with Crippen molar-refractivity contribution in [2.45, 2.75) is 13.0 Å². The summed E-state index contributed by atoms with van der Waals surface area (Å²) >= 11 is 0. The minimum absolute atomic E-state index is 0.193. The van der Waals surface area contributed by atoms with E-state index in [0.29, 0.717) is 12.6 Å². The molecule has 0 aromatic rings. The molecule has 13 heavy (non-hydrogen) atoms. The van der Waals surface area contributed by atoms with Crippen LogP contribution in [-0.4, -0.2) is 62.1 Å². The molecule has 0 amide bonds. The number of rotatable bonds is 2. The van der Waals surface area contributed by atoms with Crippen LogP contribution in [0.2, 0.25) is 0 Å². The first-order chi connectivity index (χ1) is 6.09. The third kappa shape index (κ3) is 3.32. The number of hydrogen-bond acceptors (Lipinski definition) is 4. The normalized spacial score (nSPS) is 25.9. The van der Waals surface area contributed by atoms with E-state index in [9.17, 15) is 4.79 Å². The summed E-state index contributed by atoms with van der Waals surface area (Å²) in [6.45, 7) is 5.07. The summed E-state index contributed by atoms with van der Waals surface area (Å²) in [4.78, 5) is 15.1. The van der Waals surface area contributed by atoms with Gasteiger partial charge in [0.25, 0.3) is 0 Å². The highest BCUT2D eigenvalue weighted by Gasteiger charge is 2.22. The summed E-state index contributed by atoms with van der Waals surface area (Å²) in [5.41, 5.74) is 0. The van der Waals surface area contributed by atoms with Gasteiger partial charge in [-0.1, -0.05) is 0 Å². The fraction of sp³-hybridized carbons (Fsp3) is 0.889. The van der Waals surface area contributed by atoms with Crippen LogP contribution in [0.15, 0.2) is 0 Å². The Labute approximate surface area is 79.4 Å². The minimum atomic E-state index is -0.193. The molecular formula is C9H18N2O2. The number of nitrogens with zero attached hydrogens (tertiary/aromatic N) is 2. The molecular weight excluding hydrogens is 168 g/mol. The molecule has 0 N–H and O–H groups in total. The molecule has 1 saturated heterocycles. The van der Waals surface area contributed by atoms with Gasteiger partial charge in [-0.05, 0) is 14.1 Å². The second-order valence-corrected chi connectivity index (χ2v) is 3.70. The maximum Gasteiger partial charge on any atom is 0.302 e. The Kier molecular flexibility index (Phi) is 3.69. The highest BCUT2D eigenvalue weighted by molar-refractivity contribution is 5.65. The number of hydrogen-bond donors (Lipinski definition) is 0. The maximum absolute atomic E-state index is 10.6. The van der Waals surface area contributed by atoms with Gasteiger partial charge >= 0.3 is 5.97 Å². The number of likely N-dealkylation sites (N-methyl/N-ethyl adjacent to an activating group) is 2. The number of piperazine rings is 1. The lowest BCUT2D eigenvalue weighted by Gasteiger charge is -2.37. The first-order valence-corrected chi connectivity index (χ1v) is 4.61. The molecule has 4 heteroatoms. The van der Waals surface area contributed by atoms with Crippen molar-refractivity contribution in [3.8, 4) is 0 Å². The SMILES string of the molecule is CC(=O)OCC1CN(C)CCN1C. The van der Waals surface area contributed by atoms with Crippen LogP contribution in [0.3, 0.4) is 0 Å². The Balaban J connectivity index is 2.33. The van der Waals surface area contributed by atoms with Crippen molar-refractivity contribution in [3.05, 3.63) is 0 Å². The average molecular weight is 186 g/mol. The lowest BCUT2D eigenvalue weighted by molar-refractivity contribution is -0.143. The van der Waals surface area contributed by atoms with E-state index >= 15 is 0 Å². The summed E-state index contributed by atoms with van der Waals surface area (Å²) < 4.78 is 4.99. The van der Waals surface area contributed by atoms with Gasteiger partial charge in [-0.3, -0.25) is 9.69 Å². The van der Waals surface area contributed by atoms with E-state index in [1.807, 2.05) is 0 Å². The summed E-state index contributed by atoms with van der Waals surface area (Å²) in [6.07, 6.45) is 0. The van der Waals surface area contributed by atoms with Crippen LogP contribution in [0, 0.1) is 0 Å². The molecule has 1 atom stereocenters. The van der Waals surface area contributed by atoms with Crippen LogP contribution in [0.25, 0.3) is 0 Å². The fourth-order valence-corrected chi connectivity index (χ4v) is 1.49. The molecule has 1 heterocycles. The molecule has 0 aromatic heterocycles. The van der Waals surface area contributed by atoms with Gasteiger partial charge < -0.3 is 9.64 Å². The van der Waals surface area contributed by atoms with Gasteiger partial charge in [-0.15, -0.1) is 0 Å². The molecule has 1 aliphatic heterocycles. The Morgan fingerprint density at radius 2 is 2.15 bits per heavy atom.